The Kier molecular flexibility index (Phi) is 3.51. The Labute approximate surface area is 128 Å². The first-order valence-corrected chi connectivity index (χ1v) is 7.16. The van der Waals surface area contributed by atoms with Gasteiger partial charge in [0, 0.05) is 11.1 Å². The van der Waals surface area contributed by atoms with Crippen molar-refractivity contribution in [1.29, 1.82) is 0 Å². The molecule has 0 aliphatic rings. The first-order valence-electron chi connectivity index (χ1n) is 6.78. The number of benzene rings is 1. The van der Waals surface area contributed by atoms with Crippen LogP contribution in [0, 0.1) is 6.92 Å². The van der Waals surface area contributed by atoms with Gasteiger partial charge in [-0.2, -0.15) is 5.10 Å². The lowest BCUT2D eigenvalue weighted by Crippen LogP contribution is -2.11. The van der Waals surface area contributed by atoms with Crippen LogP contribution in [0.2, 0.25) is 5.02 Å². The molecule has 0 amide bonds. The van der Waals surface area contributed by atoms with Gasteiger partial charge in [0.05, 0.1) is 17.3 Å². The molecule has 108 valence electrons. The van der Waals surface area contributed by atoms with E-state index in [1.807, 2.05) is 25.1 Å². The Morgan fingerprint density at radius 3 is 2.81 bits per heavy atom. The molecule has 0 aliphatic carbocycles. The summed E-state index contributed by atoms with van der Waals surface area (Å²) >= 11 is 6.10. The van der Waals surface area contributed by atoms with Gasteiger partial charge in [-0.05, 0) is 38.5 Å². The van der Waals surface area contributed by atoms with Gasteiger partial charge in [-0.25, -0.2) is 14.6 Å². The maximum atomic E-state index is 6.10. The van der Waals surface area contributed by atoms with Crippen LogP contribution in [0.4, 0.5) is 5.82 Å². The Hall–Kier alpha value is -2.14. The zero-order chi connectivity index (χ0) is 15.0. The van der Waals surface area contributed by atoms with E-state index in [-0.39, 0.29) is 0 Å². The fraction of sp³-hybridized carbons (Fsp3) is 0.267. The maximum absolute atomic E-state index is 6.10. The summed E-state index contributed by atoms with van der Waals surface area (Å²) in [4.78, 5) is 8.65. The molecule has 0 saturated carbocycles. The van der Waals surface area contributed by atoms with Crippen molar-refractivity contribution in [2.45, 2.75) is 26.8 Å². The minimum Gasteiger partial charge on any atom is -0.367 e. The molecule has 1 N–H and O–H groups in total. The van der Waals surface area contributed by atoms with Crippen molar-refractivity contribution >= 4 is 28.5 Å². The summed E-state index contributed by atoms with van der Waals surface area (Å²) in [5, 5.41) is 9.33. The molecule has 2 heterocycles. The predicted molar refractivity (Wildman–Crippen MR) is 85.2 cm³/mol. The lowest BCUT2D eigenvalue weighted by atomic mass is 10.2. The maximum Gasteiger partial charge on any atom is 0.168 e. The molecule has 0 unspecified atom stereocenters. The van der Waals surface area contributed by atoms with Gasteiger partial charge in [0.2, 0.25) is 0 Å². The largest absolute Gasteiger partial charge is 0.367 e. The third kappa shape index (κ3) is 2.56. The number of halogens is 1. The monoisotopic (exact) mass is 301 g/mol. The van der Waals surface area contributed by atoms with E-state index in [2.05, 4.69) is 34.2 Å². The minimum absolute atomic E-state index is 0.291. The molecule has 2 aromatic heterocycles. The molecule has 3 rings (SSSR count). The van der Waals surface area contributed by atoms with Crippen molar-refractivity contribution in [3.05, 3.63) is 41.3 Å². The third-order valence-electron chi connectivity index (χ3n) is 3.19. The Morgan fingerprint density at radius 1 is 1.24 bits per heavy atom. The number of hydrogen-bond donors (Lipinski definition) is 1. The van der Waals surface area contributed by atoms with Crippen molar-refractivity contribution in [2.24, 2.45) is 0 Å². The molecular weight excluding hydrogens is 286 g/mol. The molecule has 6 heteroatoms. The highest BCUT2D eigenvalue weighted by Gasteiger charge is 2.13. The summed E-state index contributed by atoms with van der Waals surface area (Å²) in [6, 6.07) is 6.02. The molecule has 0 fully saturated rings. The second-order valence-electron chi connectivity index (χ2n) is 5.25. The highest BCUT2D eigenvalue weighted by atomic mass is 35.5. The normalized spacial score (nSPS) is 11.3. The van der Waals surface area contributed by atoms with Crippen LogP contribution >= 0.6 is 11.6 Å². The highest BCUT2D eigenvalue weighted by Crippen LogP contribution is 2.25. The summed E-state index contributed by atoms with van der Waals surface area (Å²) in [5.74, 6) is 0.793. The molecule has 0 saturated heterocycles. The second-order valence-corrected chi connectivity index (χ2v) is 5.68. The third-order valence-corrected chi connectivity index (χ3v) is 3.43. The van der Waals surface area contributed by atoms with Gasteiger partial charge in [0.15, 0.2) is 5.65 Å². The van der Waals surface area contributed by atoms with Gasteiger partial charge in [-0.1, -0.05) is 17.7 Å². The number of aromatic nitrogens is 4. The van der Waals surface area contributed by atoms with Gasteiger partial charge >= 0.3 is 0 Å². The van der Waals surface area contributed by atoms with E-state index in [1.54, 1.807) is 17.2 Å². The van der Waals surface area contributed by atoms with Gasteiger partial charge in [-0.3, -0.25) is 0 Å². The SMILES string of the molecule is Cc1ccc(Cl)cc1-n1ncc2c(NC(C)C)ncnc21. The van der Waals surface area contributed by atoms with Crippen LogP contribution in [0.15, 0.2) is 30.7 Å². The van der Waals surface area contributed by atoms with Crippen molar-refractivity contribution in [1.82, 2.24) is 19.7 Å². The van der Waals surface area contributed by atoms with Crippen molar-refractivity contribution in [2.75, 3.05) is 5.32 Å². The average molecular weight is 302 g/mol. The summed E-state index contributed by atoms with van der Waals surface area (Å²) in [7, 11) is 0. The number of anilines is 1. The zero-order valence-electron chi connectivity index (χ0n) is 12.1. The summed E-state index contributed by atoms with van der Waals surface area (Å²) < 4.78 is 1.80. The Morgan fingerprint density at radius 2 is 2.05 bits per heavy atom. The van der Waals surface area contributed by atoms with Crippen LogP contribution < -0.4 is 5.32 Å². The van der Waals surface area contributed by atoms with Crippen LogP contribution in [-0.4, -0.2) is 25.8 Å². The standard InChI is InChI=1S/C15H16ClN5/c1-9(2)20-14-12-7-19-21(15(12)18-8-17-14)13-6-11(16)5-4-10(13)3/h4-9H,1-3H3,(H,17,18,20). The fourth-order valence-electron chi connectivity index (χ4n) is 2.22. The fourth-order valence-corrected chi connectivity index (χ4v) is 2.39. The molecule has 5 nitrogen and oxygen atoms in total. The van der Waals surface area contributed by atoms with E-state index < -0.39 is 0 Å². The number of rotatable bonds is 3. The number of nitrogens with zero attached hydrogens (tertiary/aromatic N) is 4. The van der Waals surface area contributed by atoms with E-state index in [0.717, 1.165) is 28.1 Å². The Bertz CT molecular complexity index is 794. The van der Waals surface area contributed by atoms with Crippen LogP contribution in [-0.2, 0) is 0 Å². The predicted octanol–water partition coefficient (Wildman–Crippen LogP) is 3.60. The first kappa shape index (κ1) is 13.8. The van der Waals surface area contributed by atoms with Crippen molar-refractivity contribution in [3.8, 4) is 5.69 Å². The molecule has 0 atom stereocenters. The zero-order valence-corrected chi connectivity index (χ0v) is 12.9. The van der Waals surface area contributed by atoms with E-state index >= 15 is 0 Å². The quantitative estimate of drug-likeness (QED) is 0.803. The lowest BCUT2D eigenvalue weighted by Gasteiger charge is -2.10. The highest BCUT2D eigenvalue weighted by molar-refractivity contribution is 6.30. The second kappa shape index (κ2) is 5.33. The number of aryl methyl sites for hydroxylation is 1. The molecule has 0 bridgehead atoms. The molecule has 0 spiro atoms. The lowest BCUT2D eigenvalue weighted by molar-refractivity contribution is 0.881. The summed E-state index contributed by atoms with van der Waals surface area (Å²) in [6.45, 7) is 6.16. The van der Waals surface area contributed by atoms with Gasteiger partial charge < -0.3 is 5.32 Å². The molecule has 3 aromatic rings. The van der Waals surface area contributed by atoms with Gasteiger partial charge in [0.1, 0.15) is 12.1 Å². The van der Waals surface area contributed by atoms with Crippen LogP contribution in [0.5, 0.6) is 0 Å². The van der Waals surface area contributed by atoms with Gasteiger partial charge in [-0.15, -0.1) is 0 Å². The molecule has 1 aromatic carbocycles. The Balaban J connectivity index is 2.19. The van der Waals surface area contributed by atoms with Crippen molar-refractivity contribution in [3.63, 3.8) is 0 Å². The minimum atomic E-state index is 0.291. The molecular formula is C15H16ClN5. The van der Waals surface area contributed by atoms with Crippen LogP contribution in [0.3, 0.4) is 0 Å². The molecule has 0 aliphatic heterocycles. The number of nitrogens with one attached hydrogen (secondary N) is 1. The van der Waals surface area contributed by atoms with Gasteiger partial charge in [0.25, 0.3) is 0 Å². The average Bonchev–Trinajstić information content (AvgIpc) is 2.86. The van der Waals surface area contributed by atoms with E-state index in [0.29, 0.717) is 11.1 Å². The smallest absolute Gasteiger partial charge is 0.168 e. The van der Waals surface area contributed by atoms with Crippen LogP contribution in [0.25, 0.3) is 16.7 Å². The molecule has 0 radical (unpaired) electrons. The number of fused-ring (bicyclic) bond motifs is 1. The first-order chi connectivity index (χ1) is 10.1. The molecule has 21 heavy (non-hydrogen) atoms. The van der Waals surface area contributed by atoms with E-state index in [9.17, 15) is 0 Å². The van der Waals surface area contributed by atoms with Crippen molar-refractivity contribution < 1.29 is 0 Å². The van der Waals surface area contributed by atoms with E-state index in [4.69, 9.17) is 11.6 Å². The van der Waals surface area contributed by atoms with E-state index in [1.165, 1.54) is 0 Å². The topological polar surface area (TPSA) is 55.6 Å². The number of hydrogen-bond acceptors (Lipinski definition) is 4. The summed E-state index contributed by atoms with van der Waals surface area (Å²) in [5.41, 5.74) is 2.77. The van der Waals surface area contributed by atoms with Crippen LogP contribution in [0.1, 0.15) is 19.4 Å². The summed E-state index contributed by atoms with van der Waals surface area (Å²) in [6.07, 6.45) is 3.32.